The molecule has 0 bridgehead atoms. The second-order valence-electron chi connectivity index (χ2n) is 7.54. The summed E-state index contributed by atoms with van der Waals surface area (Å²) in [6, 6.07) is 10.5. The number of nitrogen functional groups attached to an aromatic ring is 1. The summed E-state index contributed by atoms with van der Waals surface area (Å²) in [5.41, 5.74) is 8.05. The van der Waals surface area contributed by atoms with Crippen molar-refractivity contribution in [2.24, 2.45) is 0 Å². The van der Waals surface area contributed by atoms with Gasteiger partial charge in [0.2, 0.25) is 5.91 Å². The number of nitrogens with zero attached hydrogens (tertiary/aromatic N) is 4. The average molecular weight is 410 g/mol. The monoisotopic (exact) mass is 409 g/mol. The van der Waals surface area contributed by atoms with E-state index in [0.29, 0.717) is 18.1 Å². The zero-order valence-electron chi connectivity index (χ0n) is 16.8. The van der Waals surface area contributed by atoms with Crippen molar-refractivity contribution in [1.29, 1.82) is 0 Å². The van der Waals surface area contributed by atoms with Crippen LogP contribution in [0.5, 0.6) is 0 Å². The van der Waals surface area contributed by atoms with E-state index in [1.807, 2.05) is 17.2 Å². The van der Waals surface area contributed by atoms with Gasteiger partial charge in [0.15, 0.2) is 5.13 Å². The number of carbonyl (C=O) groups excluding carboxylic acids is 1. The maximum atomic E-state index is 12.8. The van der Waals surface area contributed by atoms with E-state index in [1.165, 1.54) is 16.9 Å². The first-order valence-corrected chi connectivity index (χ1v) is 11.0. The fraction of sp³-hybridized carbons (Fsp3) is 0.409. The Kier molecular flexibility index (Phi) is 5.67. The summed E-state index contributed by atoms with van der Waals surface area (Å²) in [5, 5.41) is 2.67. The number of piperidine rings is 1. The molecule has 1 saturated heterocycles. The minimum atomic E-state index is -0.175. The van der Waals surface area contributed by atoms with Crippen LogP contribution in [0.3, 0.4) is 0 Å². The predicted octanol–water partition coefficient (Wildman–Crippen LogP) is 3.48. The molecule has 4 rings (SSSR count). The van der Waals surface area contributed by atoms with Gasteiger partial charge in [-0.05, 0) is 18.4 Å². The number of anilines is 1. The number of aryl methyl sites for hydroxylation is 2. The molecule has 152 valence electrons. The molecule has 7 heteroatoms. The number of amides is 1. The van der Waals surface area contributed by atoms with E-state index in [9.17, 15) is 4.79 Å². The molecule has 0 radical (unpaired) electrons. The smallest absolute Gasteiger partial charge is 0.224 e. The molecule has 1 aliphatic heterocycles. The van der Waals surface area contributed by atoms with Gasteiger partial charge in [-0.3, -0.25) is 4.79 Å². The first-order chi connectivity index (χ1) is 14.1. The summed E-state index contributed by atoms with van der Waals surface area (Å²) in [7, 11) is 0. The summed E-state index contributed by atoms with van der Waals surface area (Å²) in [4.78, 5) is 23.8. The summed E-state index contributed by atoms with van der Waals surface area (Å²) in [6.07, 6.45) is 6.86. The molecule has 6 nitrogen and oxygen atoms in total. The molecule has 1 aromatic carbocycles. The Bertz CT molecular complexity index is 957. The molecule has 0 atom stereocenters. The van der Waals surface area contributed by atoms with Gasteiger partial charge in [-0.15, -0.1) is 11.3 Å². The Hall–Kier alpha value is -2.67. The zero-order chi connectivity index (χ0) is 20.3. The number of thiazole rings is 1. The molecule has 2 aromatic heterocycles. The van der Waals surface area contributed by atoms with E-state index in [0.717, 1.165) is 43.9 Å². The molecule has 3 aromatic rings. The number of imidazole rings is 1. The molecule has 0 unspecified atom stereocenters. The molecule has 1 amide bonds. The van der Waals surface area contributed by atoms with Crippen LogP contribution in [0.4, 0.5) is 5.13 Å². The van der Waals surface area contributed by atoms with Gasteiger partial charge < -0.3 is 15.2 Å². The van der Waals surface area contributed by atoms with Crippen LogP contribution in [-0.4, -0.2) is 38.4 Å². The van der Waals surface area contributed by atoms with E-state index in [-0.39, 0.29) is 11.3 Å². The standard InChI is InChI=1S/C22H27N5OS/c1-2-19-24-11-15-26(19)12-8-20(28)27-13-9-22(10-14-27,17-6-4-3-5-7-17)18-16-29-21(23)25-18/h3-7,11,15-16H,2,8-10,12-14H2,1H3,(H2,23,25). The van der Waals surface area contributed by atoms with Crippen LogP contribution in [0.15, 0.2) is 48.1 Å². The minimum absolute atomic E-state index is 0.175. The Morgan fingerprint density at radius 3 is 2.66 bits per heavy atom. The van der Waals surface area contributed by atoms with Crippen molar-refractivity contribution in [2.75, 3.05) is 18.8 Å². The van der Waals surface area contributed by atoms with Crippen molar-refractivity contribution >= 4 is 22.4 Å². The number of carbonyl (C=O) groups is 1. The van der Waals surface area contributed by atoms with Crippen LogP contribution in [0.1, 0.15) is 43.3 Å². The molecule has 0 aliphatic carbocycles. The van der Waals surface area contributed by atoms with Crippen LogP contribution in [-0.2, 0) is 23.2 Å². The highest BCUT2D eigenvalue weighted by Gasteiger charge is 2.40. The van der Waals surface area contributed by atoms with E-state index in [4.69, 9.17) is 5.73 Å². The van der Waals surface area contributed by atoms with Gasteiger partial charge in [0.1, 0.15) is 5.82 Å². The highest BCUT2D eigenvalue weighted by Crippen LogP contribution is 2.42. The van der Waals surface area contributed by atoms with Gasteiger partial charge in [0, 0.05) is 55.7 Å². The zero-order valence-corrected chi connectivity index (χ0v) is 17.6. The third-order valence-corrected chi connectivity index (χ3v) is 6.67. The van der Waals surface area contributed by atoms with Crippen LogP contribution >= 0.6 is 11.3 Å². The number of benzene rings is 1. The Labute approximate surface area is 175 Å². The van der Waals surface area contributed by atoms with Gasteiger partial charge in [-0.25, -0.2) is 9.97 Å². The number of aromatic nitrogens is 3. The van der Waals surface area contributed by atoms with Crippen LogP contribution in [0, 0.1) is 0 Å². The molecule has 29 heavy (non-hydrogen) atoms. The van der Waals surface area contributed by atoms with Gasteiger partial charge >= 0.3 is 0 Å². The molecule has 0 spiro atoms. The largest absolute Gasteiger partial charge is 0.375 e. The second-order valence-corrected chi connectivity index (χ2v) is 8.43. The van der Waals surface area contributed by atoms with Gasteiger partial charge in [-0.2, -0.15) is 0 Å². The normalized spacial score (nSPS) is 16.1. The van der Waals surface area contributed by atoms with Crippen LogP contribution < -0.4 is 5.73 Å². The van der Waals surface area contributed by atoms with Crippen molar-refractivity contribution in [1.82, 2.24) is 19.4 Å². The SMILES string of the molecule is CCc1nccn1CCC(=O)N1CCC(c2ccccc2)(c2csc(N)n2)CC1. The third-order valence-electron chi connectivity index (χ3n) is 5.99. The summed E-state index contributed by atoms with van der Waals surface area (Å²) in [5.74, 6) is 1.24. The number of hydrogen-bond donors (Lipinski definition) is 1. The summed E-state index contributed by atoms with van der Waals surface area (Å²) in [6.45, 7) is 4.23. The third kappa shape index (κ3) is 3.92. The molecule has 3 heterocycles. The lowest BCUT2D eigenvalue weighted by Crippen LogP contribution is -2.46. The van der Waals surface area contributed by atoms with Gasteiger partial charge in [0.05, 0.1) is 5.69 Å². The maximum Gasteiger partial charge on any atom is 0.224 e. The number of hydrogen-bond acceptors (Lipinski definition) is 5. The summed E-state index contributed by atoms with van der Waals surface area (Å²) >= 11 is 1.49. The van der Waals surface area contributed by atoms with Crippen molar-refractivity contribution in [3.63, 3.8) is 0 Å². The molecule has 1 aliphatic rings. The fourth-order valence-electron chi connectivity index (χ4n) is 4.33. The van der Waals surface area contributed by atoms with Crippen LogP contribution in [0.25, 0.3) is 0 Å². The lowest BCUT2D eigenvalue weighted by atomic mass is 9.70. The highest BCUT2D eigenvalue weighted by molar-refractivity contribution is 7.13. The lowest BCUT2D eigenvalue weighted by molar-refractivity contribution is -0.132. The summed E-state index contributed by atoms with van der Waals surface area (Å²) < 4.78 is 2.08. The predicted molar refractivity (Wildman–Crippen MR) is 116 cm³/mol. The fourth-order valence-corrected chi connectivity index (χ4v) is 4.99. The quantitative estimate of drug-likeness (QED) is 0.676. The Balaban J connectivity index is 1.46. The lowest BCUT2D eigenvalue weighted by Gasteiger charge is -2.41. The molecular formula is C22H27N5OS. The number of nitrogens with two attached hydrogens (primary N) is 1. The highest BCUT2D eigenvalue weighted by atomic mass is 32.1. The first-order valence-electron chi connectivity index (χ1n) is 10.2. The molecule has 1 fully saturated rings. The topological polar surface area (TPSA) is 77.0 Å². The Morgan fingerprint density at radius 1 is 1.24 bits per heavy atom. The van der Waals surface area contributed by atoms with E-state index < -0.39 is 0 Å². The molecular weight excluding hydrogens is 382 g/mol. The van der Waals surface area contributed by atoms with E-state index in [2.05, 4.69) is 51.1 Å². The van der Waals surface area contributed by atoms with Crippen LogP contribution in [0.2, 0.25) is 0 Å². The van der Waals surface area contributed by atoms with E-state index in [1.54, 1.807) is 6.20 Å². The van der Waals surface area contributed by atoms with Crippen molar-refractivity contribution < 1.29 is 4.79 Å². The Morgan fingerprint density at radius 2 is 2.00 bits per heavy atom. The van der Waals surface area contributed by atoms with Gasteiger partial charge in [0.25, 0.3) is 0 Å². The van der Waals surface area contributed by atoms with Gasteiger partial charge in [-0.1, -0.05) is 37.3 Å². The maximum absolute atomic E-state index is 12.8. The second kappa shape index (κ2) is 8.37. The average Bonchev–Trinajstić information content (AvgIpc) is 3.41. The minimum Gasteiger partial charge on any atom is -0.375 e. The number of likely N-dealkylation sites (tertiary alicyclic amines) is 1. The molecule has 2 N–H and O–H groups in total. The van der Waals surface area contributed by atoms with Crippen molar-refractivity contribution in [2.45, 2.75) is 44.6 Å². The molecule has 0 saturated carbocycles. The van der Waals surface area contributed by atoms with Crippen molar-refractivity contribution in [3.8, 4) is 0 Å². The first kappa shape index (κ1) is 19.6. The van der Waals surface area contributed by atoms with Crippen molar-refractivity contribution in [3.05, 3.63) is 65.2 Å². The number of rotatable bonds is 6. The van der Waals surface area contributed by atoms with E-state index >= 15 is 0 Å².